The first-order valence-corrected chi connectivity index (χ1v) is 5.31. The molecule has 1 aromatic carbocycles. The van der Waals surface area contributed by atoms with E-state index in [1.165, 1.54) is 0 Å². The first kappa shape index (κ1) is 13.3. The number of nitrogens with one attached hydrogen (secondary N) is 1. The van der Waals surface area contributed by atoms with Gasteiger partial charge < -0.3 is 20.0 Å². The number of carbonyl (C=O) groups excluding carboxylic acids is 2. The minimum absolute atomic E-state index is 0.0209. The molecule has 0 spiro atoms. The van der Waals surface area contributed by atoms with Crippen LogP contribution in [0.4, 0.5) is 0 Å². The van der Waals surface area contributed by atoms with Crippen LogP contribution in [0.1, 0.15) is 6.42 Å². The first-order chi connectivity index (χ1) is 8.09. The Morgan fingerprint density at radius 1 is 1.35 bits per heavy atom. The number of carboxylic acid groups (broad SMARTS) is 1. The average molecular weight is 257 g/mol. The fourth-order valence-corrected chi connectivity index (χ4v) is 1.25. The molecule has 0 bridgehead atoms. The molecule has 1 N–H and O–H groups in total. The van der Waals surface area contributed by atoms with E-state index in [4.69, 9.17) is 16.3 Å². The van der Waals surface area contributed by atoms with Gasteiger partial charge in [0.2, 0.25) is 0 Å². The van der Waals surface area contributed by atoms with Gasteiger partial charge in [0, 0.05) is 18.9 Å². The Hall–Kier alpha value is -1.75. The third kappa shape index (κ3) is 5.21. The van der Waals surface area contributed by atoms with E-state index in [1.54, 1.807) is 24.3 Å². The van der Waals surface area contributed by atoms with Gasteiger partial charge in [0.25, 0.3) is 5.91 Å². The standard InChI is InChI=1S/C11H12ClNO4/c12-8-3-1-2-4-9(8)17-7-10(14)13-6-5-11(15)16/h1-4H,5-7H2,(H,13,14)(H,15,16)/p-1. The van der Waals surface area contributed by atoms with Gasteiger partial charge in [0.05, 0.1) is 5.02 Å². The van der Waals surface area contributed by atoms with E-state index in [-0.39, 0.29) is 19.6 Å². The van der Waals surface area contributed by atoms with Gasteiger partial charge in [-0.05, 0) is 12.1 Å². The topological polar surface area (TPSA) is 78.5 Å². The summed E-state index contributed by atoms with van der Waals surface area (Å²) < 4.78 is 5.15. The number of amides is 1. The molecular formula is C11H11ClNO4-. The number of para-hydroxylation sites is 1. The van der Waals surface area contributed by atoms with E-state index in [1.807, 2.05) is 0 Å². The molecule has 1 rings (SSSR count). The van der Waals surface area contributed by atoms with Crippen molar-refractivity contribution in [3.05, 3.63) is 29.3 Å². The van der Waals surface area contributed by atoms with Crippen LogP contribution in [-0.2, 0) is 9.59 Å². The Balaban J connectivity index is 2.29. The number of hydrogen-bond acceptors (Lipinski definition) is 4. The summed E-state index contributed by atoms with van der Waals surface area (Å²) in [5, 5.41) is 12.9. The lowest BCUT2D eigenvalue weighted by molar-refractivity contribution is -0.305. The van der Waals surface area contributed by atoms with E-state index in [0.29, 0.717) is 10.8 Å². The third-order valence-corrected chi connectivity index (χ3v) is 2.16. The number of carbonyl (C=O) groups is 2. The highest BCUT2D eigenvalue weighted by Crippen LogP contribution is 2.22. The summed E-state index contributed by atoms with van der Waals surface area (Å²) in [7, 11) is 0. The second kappa shape index (κ2) is 6.75. The summed E-state index contributed by atoms with van der Waals surface area (Å²) in [6, 6.07) is 6.76. The maximum atomic E-state index is 11.2. The minimum atomic E-state index is -1.21. The van der Waals surface area contributed by atoms with Crippen LogP contribution in [0.25, 0.3) is 0 Å². The van der Waals surface area contributed by atoms with Crippen molar-refractivity contribution in [3.8, 4) is 5.75 Å². The molecule has 0 aliphatic heterocycles. The lowest BCUT2D eigenvalue weighted by Crippen LogP contribution is -2.33. The van der Waals surface area contributed by atoms with Crippen molar-refractivity contribution in [2.24, 2.45) is 0 Å². The fraction of sp³-hybridized carbons (Fsp3) is 0.273. The van der Waals surface area contributed by atoms with Crippen LogP contribution >= 0.6 is 11.6 Å². The third-order valence-electron chi connectivity index (χ3n) is 1.85. The van der Waals surface area contributed by atoms with Crippen LogP contribution in [0.5, 0.6) is 5.75 Å². The SMILES string of the molecule is O=C([O-])CCNC(=O)COc1ccccc1Cl. The molecule has 0 aromatic heterocycles. The molecule has 0 radical (unpaired) electrons. The Labute approximate surface area is 103 Å². The maximum absolute atomic E-state index is 11.2. The number of benzene rings is 1. The molecule has 0 unspecified atom stereocenters. The van der Waals surface area contributed by atoms with Crippen LogP contribution < -0.4 is 15.2 Å². The monoisotopic (exact) mass is 256 g/mol. The lowest BCUT2D eigenvalue weighted by atomic mass is 10.3. The van der Waals surface area contributed by atoms with E-state index >= 15 is 0 Å². The average Bonchev–Trinajstić information content (AvgIpc) is 2.27. The summed E-state index contributed by atoms with van der Waals surface area (Å²) in [5.74, 6) is -1.22. The quantitative estimate of drug-likeness (QED) is 0.776. The number of hydrogen-bond donors (Lipinski definition) is 1. The summed E-state index contributed by atoms with van der Waals surface area (Å²) >= 11 is 5.81. The van der Waals surface area contributed by atoms with E-state index in [2.05, 4.69) is 5.32 Å². The van der Waals surface area contributed by atoms with Crippen molar-refractivity contribution in [2.75, 3.05) is 13.2 Å². The molecule has 6 heteroatoms. The van der Waals surface area contributed by atoms with E-state index in [0.717, 1.165) is 0 Å². The zero-order chi connectivity index (χ0) is 12.7. The van der Waals surface area contributed by atoms with Gasteiger partial charge in [-0.15, -0.1) is 0 Å². The van der Waals surface area contributed by atoms with Crippen molar-refractivity contribution in [1.82, 2.24) is 5.32 Å². The molecule has 0 saturated heterocycles. The Morgan fingerprint density at radius 2 is 2.06 bits per heavy atom. The first-order valence-electron chi connectivity index (χ1n) is 4.93. The highest BCUT2D eigenvalue weighted by molar-refractivity contribution is 6.32. The predicted octanol–water partition coefficient (Wildman–Crippen LogP) is -0.0250. The summed E-state index contributed by atoms with van der Waals surface area (Å²) in [4.78, 5) is 21.3. The second-order valence-electron chi connectivity index (χ2n) is 3.19. The van der Waals surface area contributed by atoms with Gasteiger partial charge in [0.15, 0.2) is 6.61 Å². The molecule has 0 aliphatic rings. The number of halogens is 1. The van der Waals surface area contributed by atoms with Crippen molar-refractivity contribution in [2.45, 2.75) is 6.42 Å². The van der Waals surface area contributed by atoms with Crippen molar-refractivity contribution < 1.29 is 19.4 Å². The van der Waals surface area contributed by atoms with Gasteiger partial charge in [-0.2, -0.15) is 0 Å². The molecule has 92 valence electrons. The van der Waals surface area contributed by atoms with Gasteiger partial charge >= 0.3 is 0 Å². The molecule has 0 fully saturated rings. The molecule has 0 saturated carbocycles. The van der Waals surface area contributed by atoms with Crippen LogP contribution in [0, 0.1) is 0 Å². The lowest BCUT2D eigenvalue weighted by Gasteiger charge is -2.08. The minimum Gasteiger partial charge on any atom is -0.550 e. The maximum Gasteiger partial charge on any atom is 0.257 e. The Kier molecular flexibility index (Phi) is 5.29. The highest BCUT2D eigenvalue weighted by atomic mass is 35.5. The van der Waals surface area contributed by atoms with E-state index < -0.39 is 11.9 Å². The van der Waals surface area contributed by atoms with Crippen molar-refractivity contribution in [3.63, 3.8) is 0 Å². The van der Waals surface area contributed by atoms with Crippen LogP contribution in [-0.4, -0.2) is 25.0 Å². The largest absolute Gasteiger partial charge is 0.550 e. The van der Waals surface area contributed by atoms with Gasteiger partial charge in [0.1, 0.15) is 5.75 Å². The number of carboxylic acids is 1. The number of rotatable bonds is 6. The van der Waals surface area contributed by atoms with Crippen LogP contribution in [0.2, 0.25) is 5.02 Å². The van der Waals surface area contributed by atoms with Crippen molar-refractivity contribution >= 4 is 23.5 Å². The highest BCUT2D eigenvalue weighted by Gasteiger charge is 2.04. The summed E-state index contributed by atoms with van der Waals surface area (Å²) in [5.41, 5.74) is 0. The van der Waals surface area contributed by atoms with E-state index in [9.17, 15) is 14.7 Å². The predicted molar refractivity (Wildman–Crippen MR) is 59.6 cm³/mol. The zero-order valence-electron chi connectivity index (χ0n) is 8.94. The van der Waals surface area contributed by atoms with Gasteiger partial charge in [-0.25, -0.2) is 0 Å². The number of aliphatic carboxylic acids is 1. The molecule has 1 aromatic rings. The second-order valence-corrected chi connectivity index (χ2v) is 3.60. The molecular weight excluding hydrogens is 246 g/mol. The normalized spacial score (nSPS) is 9.71. The molecule has 5 nitrogen and oxygen atoms in total. The Bertz CT molecular complexity index is 408. The molecule has 0 aliphatic carbocycles. The fourth-order valence-electron chi connectivity index (χ4n) is 1.06. The molecule has 17 heavy (non-hydrogen) atoms. The van der Waals surface area contributed by atoms with Crippen LogP contribution in [0.3, 0.4) is 0 Å². The van der Waals surface area contributed by atoms with Gasteiger partial charge in [-0.1, -0.05) is 23.7 Å². The number of ether oxygens (including phenoxy) is 1. The molecule has 0 atom stereocenters. The summed E-state index contributed by atoms with van der Waals surface area (Å²) in [6.07, 6.45) is -0.224. The van der Waals surface area contributed by atoms with Crippen molar-refractivity contribution in [1.29, 1.82) is 0 Å². The molecule has 0 heterocycles. The molecule has 1 amide bonds. The van der Waals surface area contributed by atoms with Gasteiger partial charge in [-0.3, -0.25) is 4.79 Å². The summed E-state index contributed by atoms with van der Waals surface area (Å²) in [6.45, 7) is -0.191. The Morgan fingerprint density at radius 3 is 2.71 bits per heavy atom. The zero-order valence-corrected chi connectivity index (χ0v) is 9.70. The van der Waals surface area contributed by atoms with Crippen LogP contribution in [0.15, 0.2) is 24.3 Å². The smallest absolute Gasteiger partial charge is 0.257 e.